The van der Waals surface area contributed by atoms with Crippen LogP contribution in [0.4, 0.5) is 4.79 Å². The molecule has 0 saturated carbocycles. The van der Waals surface area contributed by atoms with Gasteiger partial charge in [0.1, 0.15) is 5.60 Å². The maximum Gasteiger partial charge on any atom is 0.408 e. The molecule has 0 spiro atoms. The second-order valence-corrected chi connectivity index (χ2v) is 4.15. The number of carbonyl (C=O) groups excluding carboxylic acids is 1. The number of ether oxygens (including phenoxy) is 1. The number of alkyl carbamates (subject to hydrolysis) is 1. The van der Waals surface area contributed by atoms with Crippen LogP contribution in [0.3, 0.4) is 0 Å². The predicted octanol–water partition coefficient (Wildman–Crippen LogP) is 1.45. The average Bonchev–Trinajstić information content (AvgIpc) is 1.96. The molecule has 4 heteroatoms. The maximum absolute atomic E-state index is 11.2. The van der Waals surface area contributed by atoms with Gasteiger partial charge in [0.05, 0.1) is 12.1 Å². The maximum atomic E-state index is 11.2. The van der Waals surface area contributed by atoms with Gasteiger partial charge in [-0.05, 0) is 27.7 Å². The summed E-state index contributed by atoms with van der Waals surface area (Å²) in [5.74, 6) is 0. The van der Waals surface area contributed by atoms with Crippen LogP contribution in [-0.2, 0) is 4.74 Å². The summed E-state index contributed by atoms with van der Waals surface area (Å²) in [6.07, 6.45) is 0.234. The zero-order chi connectivity index (χ0) is 11.4. The van der Waals surface area contributed by atoms with E-state index < -0.39 is 23.8 Å². The summed E-state index contributed by atoms with van der Waals surface area (Å²) in [6.45, 7) is 10.4. The fourth-order valence-corrected chi connectivity index (χ4v) is 0.820. The van der Waals surface area contributed by atoms with Crippen LogP contribution in [-0.4, -0.2) is 28.9 Å². The first-order valence-corrected chi connectivity index (χ1v) is 4.56. The smallest absolute Gasteiger partial charge is 0.408 e. The normalized spacial score (nSPS) is 15.5. The molecule has 1 amide bonds. The molecule has 2 atom stereocenters. The molecule has 0 radical (unpaired) electrons. The zero-order valence-corrected chi connectivity index (χ0v) is 9.20. The van der Waals surface area contributed by atoms with Crippen LogP contribution in [0.1, 0.15) is 27.7 Å². The van der Waals surface area contributed by atoms with E-state index in [1.165, 1.54) is 6.08 Å². The average molecular weight is 201 g/mol. The molecule has 0 aliphatic rings. The van der Waals surface area contributed by atoms with E-state index in [1.807, 2.05) is 0 Å². The van der Waals surface area contributed by atoms with Gasteiger partial charge in [-0.2, -0.15) is 0 Å². The van der Waals surface area contributed by atoms with Crippen LogP contribution in [0.25, 0.3) is 0 Å². The summed E-state index contributed by atoms with van der Waals surface area (Å²) in [4.78, 5) is 11.2. The zero-order valence-electron chi connectivity index (χ0n) is 9.20. The van der Waals surface area contributed by atoms with Crippen LogP contribution >= 0.6 is 0 Å². The summed E-state index contributed by atoms with van der Waals surface area (Å²) in [5, 5.41) is 11.7. The summed E-state index contributed by atoms with van der Waals surface area (Å²) in [6, 6.07) is -0.482. The number of carbonyl (C=O) groups is 1. The Balaban J connectivity index is 4.11. The quantitative estimate of drug-likeness (QED) is 0.679. The van der Waals surface area contributed by atoms with Gasteiger partial charge in [0.25, 0.3) is 0 Å². The van der Waals surface area contributed by atoms with Gasteiger partial charge >= 0.3 is 6.09 Å². The summed E-state index contributed by atoms with van der Waals surface area (Å²) >= 11 is 0. The second-order valence-electron chi connectivity index (χ2n) is 4.15. The fraction of sp³-hybridized carbons (Fsp3) is 0.700. The molecule has 0 fully saturated rings. The van der Waals surface area contributed by atoms with Gasteiger partial charge < -0.3 is 15.2 Å². The lowest BCUT2D eigenvalue weighted by Gasteiger charge is -2.23. The molecule has 0 saturated heterocycles. The Morgan fingerprint density at radius 3 is 2.36 bits per heavy atom. The minimum absolute atomic E-state index is 0.482. The highest BCUT2D eigenvalue weighted by atomic mass is 16.6. The molecule has 0 aromatic heterocycles. The molecule has 0 unspecified atom stereocenters. The molecule has 82 valence electrons. The molecule has 0 bridgehead atoms. The van der Waals surface area contributed by atoms with Crippen molar-refractivity contribution >= 4 is 6.09 Å². The van der Waals surface area contributed by atoms with E-state index in [9.17, 15) is 9.90 Å². The van der Waals surface area contributed by atoms with Crippen LogP contribution in [0.15, 0.2) is 12.7 Å². The topological polar surface area (TPSA) is 58.6 Å². The highest BCUT2D eigenvalue weighted by Gasteiger charge is 2.19. The molecule has 0 heterocycles. The molecule has 0 rings (SSSR count). The molecule has 2 N–H and O–H groups in total. The number of aliphatic hydroxyl groups is 1. The SMILES string of the molecule is C=C[C@@H](NC(=O)OC(C)(C)C)[C@@H](C)O. The Kier molecular flexibility index (Phi) is 4.63. The molecule has 0 aliphatic heterocycles. The van der Waals surface area contributed by atoms with E-state index in [-0.39, 0.29) is 0 Å². The minimum Gasteiger partial charge on any atom is -0.444 e. The van der Waals surface area contributed by atoms with Crippen LogP contribution in [0.2, 0.25) is 0 Å². The Bertz CT molecular complexity index is 206. The van der Waals surface area contributed by atoms with Crippen molar-refractivity contribution in [2.45, 2.75) is 45.4 Å². The molecule has 0 aromatic carbocycles. The number of hydrogen-bond donors (Lipinski definition) is 2. The second kappa shape index (κ2) is 5.00. The van der Waals surface area contributed by atoms with Crippen molar-refractivity contribution in [2.75, 3.05) is 0 Å². The van der Waals surface area contributed by atoms with E-state index in [1.54, 1.807) is 27.7 Å². The van der Waals surface area contributed by atoms with E-state index >= 15 is 0 Å². The van der Waals surface area contributed by atoms with Crippen molar-refractivity contribution in [1.82, 2.24) is 5.32 Å². The minimum atomic E-state index is -0.681. The van der Waals surface area contributed by atoms with Crippen LogP contribution in [0.5, 0.6) is 0 Å². The predicted molar refractivity (Wildman–Crippen MR) is 55.0 cm³/mol. The molecular weight excluding hydrogens is 182 g/mol. The van der Waals surface area contributed by atoms with E-state index in [2.05, 4.69) is 11.9 Å². The first kappa shape index (κ1) is 13.0. The highest BCUT2D eigenvalue weighted by molar-refractivity contribution is 5.68. The number of amides is 1. The molecule has 0 aromatic rings. The highest BCUT2D eigenvalue weighted by Crippen LogP contribution is 2.07. The van der Waals surface area contributed by atoms with E-state index in [4.69, 9.17) is 4.74 Å². The number of nitrogens with one attached hydrogen (secondary N) is 1. The number of rotatable bonds is 3. The Morgan fingerprint density at radius 1 is 1.57 bits per heavy atom. The lowest BCUT2D eigenvalue weighted by Crippen LogP contribution is -2.43. The third-order valence-corrected chi connectivity index (χ3v) is 1.46. The lowest BCUT2D eigenvalue weighted by atomic mass is 10.2. The van der Waals surface area contributed by atoms with Gasteiger partial charge in [-0.25, -0.2) is 4.79 Å². The van der Waals surface area contributed by atoms with Crippen molar-refractivity contribution in [3.63, 3.8) is 0 Å². The molecule has 0 aliphatic carbocycles. The Hall–Kier alpha value is -1.03. The summed E-state index contributed by atoms with van der Waals surface area (Å²) in [5.41, 5.74) is -0.533. The molecule has 14 heavy (non-hydrogen) atoms. The van der Waals surface area contributed by atoms with E-state index in [0.29, 0.717) is 0 Å². The van der Waals surface area contributed by atoms with Gasteiger partial charge in [0.2, 0.25) is 0 Å². The number of hydrogen-bond acceptors (Lipinski definition) is 3. The lowest BCUT2D eigenvalue weighted by molar-refractivity contribution is 0.0465. The van der Waals surface area contributed by atoms with Crippen molar-refractivity contribution in [3.05, 3.63) is 12.7 Å². The van der Waals surface area contributed by atoms with Gasteiger partial charge in [0.15, 0.2) is 0 Å². The summed E-state index contributed by atoms with van der Waals surface area (Å²) in [7, 11) is 0. The standard InChI is InChI=1S/C10H19NO3/c1-6-8(7(2)12)11-9(13)14-10(3,4)5/h6-8,12H,1H2,2-5H3,(H,11,13)/t7-,8-/m1/s1. The van der Waals surface area contributed by atoms with E-state index in [0.717, 1.165) is 0 Å². The van der Waals surface area contributed by atoms with Crippen molar-refractivity contribution in [2.24, 2.45) is 0 Å². The third kappa shape index (κ3) is 5.59. The molecule has 4 nitrogen and oxygen atoms in total. The van der Waals surface area contributed by atoms with Crippen molar-refractivity contribution in [3.8, 4) is 0 Å². The van der Waals surface area contributed by atoms with Crippen molar-refractivity contribution < 1.29 is 14.6 Å². The summed E-state index contributed by atoms with van der Waals surface area (Å²) < 4.78 is 5.01. The van der Waals surface area contributed by atoms with Gasteiger partial charge in [0, 0.05) is 0 Å². The van der Waals surface area contributed by atoms with Crippen LogP contribution < -0.4 is 5.32 Å². The third-order valence-electron chi connectivity index (χ3n) is 1.46. The Labute approximate surface area is 85.0 Å². The van der Waals surface area contributed by atoms with Gasteiger partial charge in [-0.1, -0.05) is 6.08 Å². The van der Waals surface area contributed by atoms with Gasteiger partial charge in [-0.3, -0.25) is 0 Å². The fourth-order valence-electron chi connectivity index (χ4n) is 0.820. The number of aliphatic hydroxyl groups excluding tert-OH is 1. The Morgan fingerprint density at radius 2 is 2.07 bits per heavy atom. The van der Waals surface area contributed by atoms with Crippen molar-refractivity contribution in [1.29, 1.82) is 0 Å². The first-order chi connectivity index (χ1) is 6.26. The van der Waals surface area contributed by atoms with Crippen LogP contribution in [0, 0.1) is 0 Å². The molecular formula is C10H19NO3. The monoisotopic (exact) mass is 201 g/mol. The first-order valence-electron chi connectivity index (χ1n) is 4.56. The largest absolute Gasteiger partial charge is 0.444 e. The van der Waals surface area contributed by atoms with Gasteiger partial charge in [-0.15, -0.1) is 6.58 Å².